The number of rotatable bonds is 10. The highest BCUT2D eigenvalue weighted by molar-refractivity contribution is 7.99. The van der Waals surface area contributed by atoms with E-state index in [0.717, 1.165) is 37.9 Å². The topological polar surface area (TPSA) is 172 Å². The summed E-state index contributed by atoms with van der Waals surface area (Å²) in [5.74, 6) is -0.0298. The fourth-order valence-corrected chi connectivity index (χ4v) is 10.5. The molecule has 0 spiro atoms. The Morgan fingerprint density at radius 1 is 0.742 bits per heavy atom. The summed E-state index contributed by atoms with van der Waals surface area (Å²) in [6.07, 6.45) is -2.05. The molecule has 0 atom stereocenters. The molecule has 0 fully saturated rings. The minimum Gasteiger partial charge on any atom is -0.493 e. The lowest BCUT2D eigenvalue weighted by Crippen LogP contribution is -2.20. The van der Waals surface area contributed by atoms with Crippen molar-refractivity contribution in [1.82, 2.24) is 34.1 Å². The molecule has 10 rings (SSSR count). The van der Waals surface area contributed by atoms with Gasteiger partial charge in [-0.05, 0) is 66.9 Å². The third kappa shape index (κ3) is 7.81. The second kappa shape index (κ2) is 16.9. The lowest BCUT2D eigenvalue weighted by Gasteiger charge is -2.14. The van der Waals surface area contributed by atoms with Gasteiger partial charge in [-0.25, -0.2) is 34.1 Å². The predicted molar refractivity (Wildman–Crippen MR) is 246 cm³/mol. The molecule has 7 heterocycles. The Bertz CT molecular complexity index is 3870. The van der Waals surface area contributed by atoms with Gasteiger partial charge in [0.05, 0.1) is 29.5 Å². The lowest BCUT2D eigenvalue weighted by atomic mass is 10.1. The summed E-state index contributed by atoms with van der Waals surface area (Å²) < 4.78 is 74.6. The molecule has 330 valence electrons. The van der Waals surface area contributed by atoms with Gasteiger partial charge in [-0.3, -0.25) is 9.59 Å². The number of ether oxygens (including phenoxy) is 4. The number of thiazole rings is 2. The molecule has 0 saturated heterocycles. The highest BCUT2D eigenvalue weighted by Gasteiger charge is 2.32. The molecule has 3 aromatic carbocycles. The van der Waals surface area contributed by atoms with Crippen molar-refractivity contribution in [2.45, 2.75) is 16.3 Å². The molecular weight excluding hydrogens is 983 g/mol. The molecule has 10 aromatic rings. The number of alkyl halides is 3. The predicted octanol–water partition coefficient (Wildman–Crippen LogP) is 11.5. The number of hydrogen-bond donors (Lipinski definition) is 0. The van der Waals surface area contributed by atoms with Gasteiger partial charge >= 0.3 is 6.36 Å². The van der Waals surface area contributed by atoms with E-state index in [1.165, 1.54) is 62.6 Å². The summed E-state index contributed by atoms with van der Waals surface area (Å²) in [6.45, 7) is 0. The van der Waals surface area contributed by atoms with Crippen LogP contribution in [0.25, 0.3) is 64.2 Å². The maximum Gasteiger partial charge on any atom is 0.573 e. The van der Waals surface area contributed by atoms with Crippen molar-refractivity contribution in [2.24, 2.45) is 0 Å². The Morgan fingerprint density at radius 2 is 1.44 bits per heavy atom. The van der Waals surface area contributed by atoms with Crippen LogP contribution >= 0.6 is 70.5 Å². The first-order valence-electron chi connectivity index (χ1n) is 18.7. The summed E-state index contributed by atoms with van der Waals surface area (Å²) >= 11 is 21.6. The van der Waals surface area contributed by atoms with Gasteiger partial charge in [0.15, 0.2) is 34.0 Å². The monoisotopic (exact) mass is 1000 g/mol. The molecule has 24 heteroatoms. The summed E-state index contributed by atoms with van der Waals surface area (Å²) in [4.78, 5) is 50.9. The average molecular weight is 1000 g/mol. The highest BCUT2D eigenvalue weighted by Crippen LogP contribution is 2.44. The normalized spacial score (nSPS) is 11.8. The van der Waals surface area contributed by atoms with E-state index in [0.29, 0.717) is 52.4 Å². The van der Waals surface area contributed by atoms with Crippen LogP contribution in [0, 0.1) is 9.67 Å². The Kier molecular flexibility index (Phi) is 11.1. The number of halogens is 4. The molecule has 0 radical (unpaired) electrons. The Labute approximate surface area is 393 Å². The van der Waals surface area contributed by atoms with Crippen molar-refractivity contribution >= 4 is 113 Å². The van der Waals surface area contributed by atoms with E-state index in [1.807, 2.05) is 0 Å². The van der Waals surface area contributed by atoms with Crippen LogP contribution in [0.3, 0.4) is 0 Å². The van der Waals surface area contributed by atoms with Gasteiger partial charge < -0.3 is 27.8 Å². The van der Waals surface area contributed by atoms with Crippen LogP contribution in [0.5, 0.6) is 28.7 Å². The Hall–Kier alpha value is -6.76. The lowest BCUT2D eigenvalue weighted by molar-refractivity contribution is -0.275. The van der Waals surface area contributed by atoms with Crippen molar-refractivity contribution in [3.8, 4) is 50.1 Å². The molecule has 66 heavy (non-hydrogen) atoms. The SMILES string of the molecule is COc1ccnc2c(=O)n(-c3nc4ccc(Sc5cccc(-c6cnc7c(=O)n(-c8nc9ccc(Oc%10ccccc%10OC(F)(F)F)cc9s8)c(=S)oc7c6OC)c5Cl)nc4s3)c(=S)oc12. The van der Waals surface area contributed by atoms with E-state index in [9.17, 15) is 22.8 Å². The minimum atomic E-state index is -4.92. The first-order valence-corrected chi connectivity index (χ1v) is 22.3. The number of para-hydroxylation sites is 2. The molecule has 0 bridgehead atoms. The van der Waals surface area contributed by atoms with E-state index in [1.54, 1.807) is 48.5 Å². The second-order valence-electron chi connectivity index (χ2n) is 13.5. The van der Waals surface area contributed by atoms with Crippen LogP contribution in [0.2, 0.25) is 5.02 Å². The van der Waals surface area contributed by atoms with Gasteiger partial charge in [0.1, 0.15) is 21.1 Å². The van der Waals surface area contributed by atoms with Crippen molar-refractivity contribution < 1.29 is 41.0 Å². The number of benzene rings is 3. The summed E-state index contributed by atoms with van der Waals surface area (Å²) in [6, 6.07) is 20.4. The summed E-state index contributed by atoms with van der Waals surface area (Å²) in [5, 5.41) is 1.26. The van der Waals surface area contributed by atoms with E-state index < -0.39 is 23.2 Å². The third-order valence-corrected chi connectivity index (χ3v) is 13.6. The molecule has 7 aromatic heterocycles. The summed E-state index contributed by atoms with van der Waals surface area (Å²) in [5.41, 5.74) is 0.694. The number of methoxy groups -OCH3 is 2. The van der Waals surface area contributed by atoms with Gasteiger partial charge in [0, 0.05) is 40.5 Å². The van der Waals surface area contributed by atoms with Crippen LogP contribution < -0.4 is 30.1 Å². The molecule has 0 aliphatic carbocycles. The highest BCUT2D eigenvalue weighted by atomic mass is 35.5. The number of nitrogens with zero attached hydrogens (tertiary/aromatic N) is 7. The Morgan fingerprint density at radius 3 is 2.18 bits per heavy atom. The van der Waals surface area contributed by atoms with Gasteiger partial charge in [-0.1, -0.05) is 70.3 Å². The first kappa shape index (κ1) is 43.1. The van der Waals surface area contributed by atoms with Crippen molar-refractivity contribution in [1.29, 1.82) is 0 Å². The van der Waals surface area contributed by atoms with Crippen LogP contribution in [0.15, 0.2) is 120 Å². The molecule has 0 unspecified atom stereocenters. The molecule has 0 amide bonds. The van der Waals surface area contributed by atoms with Crippen LogP contribution in [-0.4, -0.2) is 54.6 Å². The van der Waals surface area contributed by atoms with E-state index in [4.69, 9.17) is 64.1 Å². The number of aromatic nitrogens is 7. The van der Waals surface area contributed by atoms with E-state index >= 15 is 0 Å². The standard InChI is InChI=1S/C42H21ClF3N7O8S5/c1-56-25-14-15-47-30-33(25)59-40(62)53(36(30)54)39-50-22-12-13-28(51-35(22)66-39)64-26-9-5-6-19(29(26)43)20-17-48-31-34(32(20)57-2)60-41(63)52(37(31)55)38-49-21-11-10-18(16-27(21)65-38)58-23-7-3-4-8-24(23)61-42(44,45)46/h3-17H,1-2H3. The van der Waals surface area contributed by atoms with Crippen molar-refractivity contribution in [3.63, 3.8) is 0 Å². The van der Waals surface area contributed by atoms with Crippen molar-refractivity contribution in [2.75, 3.05) is 14.2 Å². The second-order valence-corrected chi connectivity index (χ2v) is 17.6. The van der Waals surface area contributed by atoms with Gasteiger partial charge in [-0.15, -0.1) is 13.2 Å². The van der Waals surface area contributed by atoms with Crippen LogP contribution in [0.4, 0.5) is 13.2 Å². The van der Waals surface area contributed by atoms with Gasteiger partial charge in [0.2, 0.25) is 21.4 Å². The minimum absolute atomic E-state index is 0.0257. The molecule has 0 saturated carbocycles. The molecular formula is C42H21ClF3N7O8S5. The largest absolute Gasteiger partial charge is 0.573 e. The van der Waals surface area contributed by atoms with Crippen LogP contribution in [-0.2, 0) is 0 Å². The first-order chi connectivity index (χ1) is 31.8. The fraction of sp³-hybridized carbons (Fsp3) is 0.0714. The molecule has 0 aliphatic rings. The van der Waals surface area contributed by atoms with E-state index in [2.05, 4.69) is 24.7 Å². The van der Waals surface area contributed by atoms with Gasteiger partial charge in [-0.2, -0.15) is 0 Å². The number of hydrogen-bond acceptors (Lipinski definition) is 18. The smallest absolute Gasteiger partial charge is 0.493 e. The number of fused-ring (bicyclic) bond motifs is 4. The van der Waals surface area contributed by atoms with Gasteiger partial charge in [0.25, 0.3) is 20.8 Å². The maximum absolute atomic E-state index is 14.1. The number of pyridine rings is 3. The van der Waals surface area contributed by atoms with Crippen molar-refractivity contribution in [3.05, 3.63) is 127 Å². The molecule has 0 N–H and O–H groups in total. The third-order valence-electron chi connectivity index (χ3n) is 9.56. The Balaban J connectivity index is 0.948. The van der Waals surface area contributed by atoms with Crippen LogP contribution in [0.1, 0.15) is 0 Å². The average Bonchev–Trinajstić information content (AvgIpc) is 3.90. The molecule has 15 nitrogen and oxygen atoms in total. The zero-order chi connectivity index (χ0) is 46.0. The molecule has 0 aliphatic heterocycles. The zero-order valence-corrected chi connectivity index (χ0v) is 37.9. The quantitative estimate of drug-likeness (QED) is 0.118. The summed E-state index contributed by atoms with van der Waals surface area (Å²) in [7, 11) is 2.85. The fourth-order valence-electron chi connectivity index (χ4n) is 6.71. The van der Waals surface area contributed by atoms with E-state index in [-0.39, 0.29) is 59.4 Å². The maximum atomic E-state index is 14.1. The zero-order valence-electron chi connectivity index (χ0n) is 33.1.